The zero-order valence-corrected chi connectivity index (χ0v) is 25.6. The number of amides is 1. The van der Waals surface area contributed by atoms with Crippen LogP contribution in [0.25, 0.3) is 0 Å². The molecule has 6 rings (SSSR count). The highest BCUT2D eigenvalue weighted by Crippen LogP contribution is 2.62. The quantitative estimate of drug-likeness (QED) is 0.215. The van der Waals surface area contributed by atoms with Crippen molar-refractivity contribution in [2.24, 2.45) is 5.92 Å². The highest BCUT2D eigenvalue weighted by Gasteiger charge is 2.67. The maximum Gasteiger partial charge on any atom is 0.417 e. The smallest absolute Gasteiger partial charge is 0.417 e. The molecule has 2 fully saturated rings. The third-order valence-electron chi connectivity index (χ3n) is 9.04. The third kappa shape index (κ3) is 5.22. The fourth-order valence-corrected chi connectivity index (χ4v) is 10.0. The summed E-state index contributed by atoms with van der Waals surface area (Å²) in [4.78, 5) is 16.5. The molecule has 240 valence electrons. The molecule has 1 aromatic heterocycles. The van der Waals surface area contributed by atoms with Crippen molar-refractivity contribution in [1.82, 2.24) is 14.4 Å². The first-order chi connectivity index (χ1) is 21.2. The number of aromatic nitrogens is 1. The van der Waals surface area contributed by atoms with E-state index in [-0.39, 0.29) is 52.2 Å². The first-order valence-electron chi connectivity index (χ1n) is 14.2. The number of hydroxylamine groups is 1. The Hall–Kier alpha value is -3.40. The topological polar surface area (TPSA) is 125 Å². The Balaban J connectivity index is 1.40. The van der Waals surface area contributed by atoms with Gasteiger partial charge in [-0.25, -0.2) is 8.44 Å². The van der Waals surface area contributed by atoms with Gasteiger partial charge in [-0.05, 0) is 56.0 Å². The van der Waals surface area contributed by atoms with Gasteiger partial charge in [0.1, 0.15) is 22.5 Å². The molecule has 3 aliphatic rings. The number of carbonyl (C=O) groups is 1. The van der Waals surface area contributed by atoms with Gasteiger partial charge in [-0.15, -0.1) is 0 Å². The van der Waals surface area contributed by atoms with Crippen LogP contribution in [0.4, 0.5) is 23.2 Å². The zero-order chi connectivity index (χ0) is 32.4. The number of alkyl halides is 3. The number of nitrogens with one attached hydrogen (secondary N) is 1. The minimum Gasteiger partial charge on any atom is -0.611 e. The van der Waals surface area contributed by atoms with Crippen LogP contribution >= 0.6 is 0 Å². The Kier molecular flexibility index (Phi) is 7.82. The number of quaternary nitrogens is 1. The van der Waals surface area contributed by atoms with Gasteiger partial charge in [0.15, 0.2) is 5.69 Å². The maximum absolute atomic E-state index is 15.2. The van der Waals surface area contributed by atoms with E-state index in [1.807, 2.05) is 0 Å². The van der Waals surface area contributed by atoms with Crippen LogP contribution in [0.3, 0.4) is 0 Å². The number of methoxy groups -OCH3 is 1. The predicted molar refractivity (Wildman–Crippen MR) is 157 cm³/mol. The molecule has 1 aliphatic carbocycles. The molecule has 1 amide bonds. The number of pyridine rings is 1. The molecule has 1 saturated heterocycles. The lowest BCUT2D eigenvalue weighted by Crippen LogP contribution is -2.61. The molecule has 45 heavy (non-hydrogen) atoms. The van der Waals surface area contributed by atoms with Gasteiger partial charge >= 0.3 is 16.2 Å². The van der Waals surface area contributed by atoms with E-state index in [4.69, 9.17) is 4.74 Å². The van der Waals surface area contributed by atoms with E-state index in [0.29, 0.717) is 30.7 Å². The molecule has 0 radical (unpaired) electrons. The molecule has 15 heteroatoms. The third-order valence-corrected chi connectivity index (χ3v) is 12.3. The Bertz CT molecular complexity index is 1810. The van der Waals surface area contributed by atoms with Gasteiger partial charge in [0, 0.05) is 57.7 Å². The summed E-state index contributed by atoms with van der Waals surface area (Å²) < 4.78 is 97.8. The normalized spacial score (nSPS) is 26.4. The number of sulfonamides is 1. The second-order valence-corrected chi connectivity index (χ2v) is 15.3. The molecule has 0 bridgehead atoms. The highest BCUT2D eigenvalue weighted by molar-refractivity contribution is 7.91. The molecular formula is C30H29F4N3O6S2. The van der Waals surface area contributed by atoms with Crippen molar-refractivity contribution in [3.05, 3.63) is 88.1 Å². The molecule has 1 N–H and O–H groups in total. The summed E-state index contributed by atoms with van der Waals surface area (Å²) in [7, 11) is -4.39. The fourth-order valence-electron chi connectivity index (χ4n) is 6.72. The van der Waals surface area contributed by atoms with E-state index in [1.54, 1.807) is 6.07 Å². The molecule has 3 heterocycles. The highest BCUT2D eigenvalue weighted by atomic mass is 32.2. The fraction of sp³-hybridized carbons (Fsp3) is 0.400. The van der Waals surface area contributed by atoms with Gasteiger partial charge in [-0.1, -0.05) is 6.07 Å². The average Bonchev–Trinajstić information content (AvgIpc) is 3.82. The van der Waals surface area contributed by atoms with Crippen LogP contribution in [0.5, 0.6) is 5.75 Å². The van der Waals surface area contributed by atoms with Crippen molar-refractivity contribution in [2.75, 3.05) is 18.6 Å². The second-order valence-electron chi connectivity index (χ2n) is 11.6. The lowest BCUT2D eigenvalue weighted by Gasteiger charge is -2.47. The predicted octanol–water partition coefficient (Wildman–Crippen LogP) is 4.94. The van der Waals surface area contributed by atoms with Gasteiger partial charge in [0.05, 0.1) is 30.3 Å². The summed E-state index contributed by atoms with van der Waals surface area (Å²) in [5.41, 5.74) is -2.22. The molecule has 3 aromatic rings. The van der Waals surface area contributed by atoms with Crippen molar-refractivity contribution in [3.63, 3.8) is 0 Å². The summed E-state index contributed by atoms with van der Waals surface area (Å²) in [6, 6.07) is 9.18. The lowest BCUT2D eigenvalue weighted by atomic mass is 9.70. The van der Waals surface area contributed by atoms with Gasteiger partial charge in [0.2, 0.25) is 0 Å². The number of halogens is 4. The molecule has 2 unspecified atom stereocenters. The Labute approximate surface area is 259 Å². The van der Waals surface area contributed by atoms with E-state index in [9.17, 15) is 35.0 Å². The summed E-state index contributed by atoms with van der Waals surface area (Å²) in [6.45, 7) is -0.513. The SMILES string of the molecule is COc1cccc(S(=O)(=O)[N+]2([O-])c3ccc(C(=O)NCc4ncc(C(F)(F)F)cc4F)cc3C3(CCS(=O)CC3)C2C2CC2)c1. The second kappa shape index (κ2) is 11.1. The number of fused-ring (bicyclic) bond motifs is 2. The number of hydrogen-bond donors (Lipinski definition) is 1. The van der Waals surface area contributed by atoms with Crippen LogP contribution in [-0.2, 0) is 39.0 Å². The lowest BCUT2D eigenvalue weighted by molar-refractivity contribution is -0.138. The number of benzene rings is 2. The van der Waals surface area contributed by atoms with Gasteiger partial charge in [-0.3, -0.25) is 14.0 Å². The van der Waals surface area contributed by atoms with E-state index in [2.05, 4.69) is 10.3 Å². The molecular weight excluding hydrogens is 638 g/mol. The van der Waals surface area contributed by atoms with Crippen molar-refractivity contribution < 1.29 is 39.7 Å². The Morgan fingerprint density at radius 3 is 2.49 bits per heavy atom. The molecule has 1 saturated carbocycles. The van der Waals surface area contributed by atoms with E-state index >= 15 is 5.21 Å². The maximum atomic E-state index is 15.2. The Morgan fingerprint density at radius 1 is 1.16 bits per heavy atom. The van der Waals surface area contributed by atoms with Crippen LogP contribution in [0.2, 0.25) is 0 Å². The van der Waals surface area contributed by atoms with Crippen LogP contribution < -0.4 is 14.1 Å². The largest absolute Gasteiger partial charge is 0.611 e. The average molecular weight is 668 g/mol. The summed E-state index contributed by atoms with van der Waals surface area (Å²) in [5, 5.41) is 17.7. The number of hydrogen-bond acceptors (Lipinski definition) is 7. The van der Waals surface area contributed by atoms with Gasteiger partial charge < -0.3 is 15.3 Å². The van der Waals surface area contributed by atoms with Crippen LogP contribution in [0, 0.1) is 16.9 Å². The molecule has 2 atom stereocenters. The van der Waals surface area contributed by atoms with E-state index < -0.39 is 72.0 Å². The monoisotopic (exact) mass is 667 g/mol. The van der Waals surface area contributed by atoms with Crippen LogP contribution in [0.15, 0.2) is 59.6 Å². The number of nitrogens with zero attached hydrogens (tertiary/aromatic N) is 2. The molecule has 1 spiro atoms. The van der Waals surface area contributed by atoms with Crippen molar-refractivity contribution in [2.45, 2.75) is 54.8 Å². The summed E-state index contributed by atoms with van der Waals surface area (Å²) in [6.07, 6.45) is -2.43. The van der Waals surface area contributed by atoms with Crippen molar-refractivity contribution in [1.29, 1.82) is 0 Å². The number of rotatable bonds is 7. The first kappa shape index (κ1) is 31.6. The summed E-state index contributed by atoms with van der Waals surface area (Å²) in [5.74, 6) is -1.39. The van der Waals surface area contributed by atoms with E-state index in [0.717, 1.165) is 0 Å². The first-order valence-corrected chi connectivity index (χ1v) is 17.1. The standard InChI is InChI=1S/C30H29F4N3O6S2/c1-43-21-3-2-4-22(15-21)45(41,42)37(39)26-8-7-19(28(38)36-17-25-24(31)14-20(16-35-25)30(32,33)34)13-23(26)29(27(37)18-5-6-18)9-11-44(40)12-10-29/h2-4,7-8,13-16,18,27H,5-6,9-12,17H2,1H3,(H,36,38). The van der Waals surface area contributed by atoms with E-state index in [1.165, 1.54) is 43.5 Å². The molecule has 2 aliphatic heterocycles. The molecule has 2 aromatic carbocycles. The number of carbonyl (C=O) groups excluding carboxylic acids is 1. The van der Waals surface area contributed by atoms with Gasteiger partial charge in [0.25, 0.3) is 5.91 Å². The zero-order valence-electron chi connectivity index (χ0n) is 24.0. The number of ether oxygens (including phenoxy) is 1. The minimum absolute atomic E-state index is 0.0191. The molecule has 9 nitrogen and oxygen atoms in total. The Morgan fingerprint density at radius 2 is 1.87 bits per heavy atom. The van der Waals surface area contributed by atoms with Crippen molar-refractivity contribution in [3.8, 4) is 5.75 Å². The van der Waals surface area contributed by atoms with Crippen molar-refractivity contribution >= 4 is 32.4 Å². The van der Waals surface area contributed by atoms with Crippen LogP contribution in [-0.4, -0.2) is 48.2 Å². The van der Waals surface area contributed by atoms with Gasteiger partial charge in [-0.2, -0.15) is 21.6 Å². The summed E-state index contributed by atoms with van der Waals surface area (Å²) >= 11 is 0. The van der Waals surface area contributed by atoms with Crippen LogP contribution in [0.1, 0.15) is 52.9 Å². The minimum atomic E-state index is -4.78.